The fraction of sp³-hybridized carbons (Fsp3) is 0.462. The molecule has 4 heteroatoms. The van der Waals surface area contributed by atoms with Crippen molar-refractivity contribution in [2.45, 2.75) is 25.8 Å². The number of aromatic nitrogens is 2. The molecule has 2 heterocycles. The summed E-state index contributed by atoms with van der Waals surface area (Å²) in [6.45, 7) is 1.06. The Balaban J connectivity index is 1.87. The molecule has 0 N–H and O–H groups in total. The lowest BCUT2D eigenvalue weighted by molar-refractivity contribution is 0.140. The molecule has 0 radical (unpaired) electrons. The molecule has 1 fully saturated rings. The molecule has 0 saturated heterocycles. The van der Waals surface area contributed by atoms with E-state index in [-0.39, 0.29) is 0 Å². The van der Waals surface area contributed by atoms with Gasteiger partial charge in [0.25, 0.3) is 0 Å². The van der Waals surface area contributed by atoms with Crippen molar-refractivity contribution in [3.8, 4) is 10.7 Å². The van der Waals surface area contributed by atoms with Crippen molar-refractivity contribution in [3.63, 3.8) is 0 Å². The first kappa shape index (κ1) is 11.4. The Bertz CT molecular complexity index is 478. The summed E-state index contributed by atoms with van der Waals surface area (Å²) >= 11 is 6.27. The fourth-order valence-corrected chi connectivity index (χ4v) is 3.62. The third-order valence-corrected chi connectivity index (χ3v) is 5.25. The summed E-state index contributed by atoms with van der Waals surface area (Å²) in [5.41, 5.74) is 0.413. The van der Waals surface area contributed by atoms with Gasteiger partial charge < -0.3 is 4.57 Å². The average Bonchev–Trinajstić information content (AvgIpc) is 2.93. The second kappa shape index (κ2) is 4.50. The van der Waals surface area contributed by atoms with E-state index < -0.39 is 0 Å². The van der Waals surface area contributed by atoms with Crippen LogP contribution in [0.4, 0.5) is 0 Å². The second-order valence-electron chi connectivity index (χ2n) is 4.87. The summed E-state index contributed by atoms with van der Waals surface area (Å²) in [5.74, 6) is 2.09. The molecule has 0 bridgehead atoms. The Morgan fingerprint density at radius 2 is 2.35 bits per heavy atom. The van der Waals surface area contributed by atoms with Crippen LogP contribution in [0.25, 0.3) is 10.7 Å². The largest absolute Gasteiger partial charge is 0.330 e. The van der Waals surface area contributed by atoms with E-state index >= 15 is 0 Å². The summed E-state index contributed by atoms with van der Waals surface area (Å²) in [5, 5.41) is 2.10. The van der Waals surface area contributed by atoms with E-state index in [4.69, 9.17) is 0 Å². The molecule has 1 saturated carbocycles. The van der Waals surface area contributed by atoms with Crippen LogP contribution >= 0.6 is 24.0 Å². The topological polar surface area (TPSA) is 17.8 Å². The zero-order valence-corrected chi connectivity index (χ0v) is 11.4. The zero-order chi connectivity index (χ0) is 11.7. The van der Waals surface area contributed by atoms with Gasteiger partial charge in [-0.25, -0.2) is 4.98 Å². The molecule has 1 aliphatic carbocycles. The summed E-state index contributed by atoms with van der Waals surface area (Å²) in [6.07, 6.45) is 7.96. The van der Waals surface area contributed by atoms with E-state index in [0.29, 0.717) is 5.41 Å². The quantitative estimate of drug-likeness (QED) is 0.833. The number of hydrogen-bond donors (Lipinski definition) is 1. The van der Waals surface area contributed by atoms with E-state index in [1.165, 1.54) is 24.1 Å². The summed E-state index contributed by atoms with van der Waals surface area (Å²) in [4.78, 5) is 5.74. The molecule has 90 valence electrons. The summed E-state index contributed by atoms with van der Waals surface area (Å²) < 4.78 is 2.29. The van der Waals surface area contributed by atoms with Crippen molar-refractivity contribution in [2.75, 3.05) is 5.75 Å². The van der Waals surface area contributed by atoms with Gasteiger partial charge in [0.05, 0.1) is 4.88 Å². The lowest BCUT2D eigenvalue weighted by atomic mass is 9.70. The minimum Gasteiger partial charge on any atom is -0.330 e. The number of nitrogens with zero attached hydrogens (tertiary/aromatic N) is 2. The van der Waals surface area contributed by atoms with Gasteiger partial charge in [-0.2, -0.15) is 12.6 Å². The highest BCUT2D eigenvalue weighted by Gasteiger charge is 2.36. The molecule has 2 aromatic rings. The van der Waals surface area contributed by atoms with Crippen LogP contribution in [-0.4, -0.2) is 15.3 Å². The van der Waals surface area contributed by atoms with E-state index in [1.807, 2.05) is 6.20 Å². The predicted octanol–water partition coefficient (Wildman–Crippen LogP) is 3.71. The molecular formula is C13H16N2S2. The molecule has 0 amide bonds. The zero-order valence-electron chi connectivity index (χ0n) is 9.67. The van der Waals surface area contributed by atoms with Crippen molar-refractivity contribution in [1.29, 1.82) is 0 Å². The highest BCUT2D eigenvalue weighted by molar-refractivity contribution is 7.80. The molecule has 0 atom stereocenters. The maximum Gasteiger partial charge on any atom is 0.150 e. The van der Waals surface area contributed by atoms with E-state index in [1.54, 1.807) is 11.3 Å². The molecular weight excluding hydrogens is 248 g/mol. The van der Waals surface area contributed by atoms with Gasteiger partial charge in [0, 0.05) is 18.9 Å². The van der Waals surface area contributed by atoms with Gasteiger partial charge in [0.15, 0.2) is 0 Å². The Labute approximate surface area is 111 Å². The van der Waals surface area contributed by atoms with Crippen LogP contribution in [0.3, 0.4) is 0 Å². The van der Waals surface area contributed by atoms with Gasteiger partial charge in [0.2, 0.25) is 0 Å². The van der Waals surface area contributed by atoms with Crippen LogP contribution in [0.2, 0.25) is 0 Å². The molecule has 3 rings (SSSR count). The predicted molar refractivity (Wildman–Crippen MR) is 75.7 cm³/mol. The van der Waals surface area contributed by atoms with Crippen LogP contribution in [0.15, 0.2) is 29.9 Å². The molecule has 2 aromatic heterocycles. The van der Waals surface area contributed by atoms with Crippen molar-refractivity contribution >= 4 is 24.0 Å². The van der Waals surface area contributed by atoms with Crippen LogP contribution in [0.1, 0.15) is 19.3 Å². The normalized spacial score (nSPS) is 17.9. The van der Waals surface area contributed by atoms with Crippen LogP contribution in [0.5, 0.6) is 0 Å². The lowest BCUT2D eigenvalue weighted by Gasteiger charge is -2.41. The van der Waals surface area contributed by atoms with Gasteiger partial charge in [-0.1, -0.05) is 12.5 Å². The second-order valence-corrected chi connectivity index (χ2v) is 6.13. The Hall–Kier alpha value is -0.740. The van der Waals surface area contributed by atoms with Crippen molar-refractivity contribution in [3.05, 3.63) is 29.9 Å². The maximum atomic E-state index is 4.52. The number of imidazole rings is 1. The number of thiol groups is 1. The Kier molecular flexibility index (Phi) is 3.01. The van der Waals surface area contributed by atoms with Crippen LogP contribution < -0.4 is 0 Å². The standard InChI is InChI=1S/C13H16N2S2/c16-10-13(4-2-5-13)9-15-7-6-14-12(15)11-3-1-8-17-11/h1,3,6-8,16H,2,4-5,9-10H2. The third-order valence-electron chi connectivity index (χ3n) is 3.71. The smallest absolute Gasteiger partial charge is 0.150 e. The van der Waals surface area contributed by atoms with Gasteiger partial charge in [0.1, 0.15) is 5.82 Å². The first-order chi connectivity index (χ1) is 8.33. The first-order valence-corrected chi connectivity index (χ1v) is 7.50. The fourth-order valence-electron chi connectivity index (χ4n) is 2.47. The summed E-state index contributed by atoms with van der Waals surface area (Å²) in [7, 11) is 0. The highest BCUT2D eigenvalue weighted by Crippen LogP contribution is 2.43. The minimum absolute atomic E-state index is 0.413. The molecule has 1 aliphatic rings. The van der Waals surface area contributed by atoms with Crippen molar-refractivity contribution < 1.29 is 0 Å². The van der Waals surface area contributed by atoms with Crippen molar-refractivity contribution in [2.24, 2.45) is 5.41 Å². The Morgan fingerprint density at radius 1 is 1.47 bits per heavy atom. The number of hydrogen-bond acceptors (Lipinski definition) is 3. The number of thiophene rings is 1. The average molecular weight is 264 g/mol. The van der Waals surface area contributed by atoms with Gasteiger partial charge >= 0.3 is 0 Å². The summed E-state index contributed by atoms with van der Waals surface area (Å²) in [6, 6.07) is 4.22. The maximum absolute atomic E-state index is 4.52. The third kappa shape index (κ3) is 2.04. The molecule has 0 aliphatic heterocycles. The molecule has 0 unspecified atom stereocenters. The Morgan fingerprint density at radius 3 is 2.94 bits per heavy atom. The lowest BCUT2D eigenvalue weighted by Crippen LogP contribution is -2.35. The highest BCUT2D eigenvalue weighted by atomic mass is 32.1. The van der Waals surface area contributed by atoms with Gasteiger partial charge in [-0.15, -0.1) is 11.3 Å². The number of rotatable bonds is 4. The van der Waals surface area contributed by atoms with Crippen LogP contribution in [-0.2, 0) is 6.54 Å². The molecule has 2 nitrogen and oxygen atoms in total. The van der Waals surface area contributed by atoms with Crippen molar-refractivity contribution in [1.82, 2.24) is 9.55 Å². The van der Waals surface area contributed by atoms with Gasteiger partial charge in [-0.3, -0.25) is 0 Å². The van der Waals surface area contributed by atoms with Gasteiger partial charge in [-0.05, 0) is 35.5 Å². The van der Waals surface area contributed by atoms with E-state index in [9.17, 15) is 0 Å². The van der Waals surface area contributed by atoms with E-state index in [2.05, 4.69) is 45.9 Å². The molecule has 17 heavy (non-hydrogen) atoms. The first-order valence-electron chi connectivity index (χ1n) is 5.99. The van der Waals surface area contributed by atoms with Crippen LogP contribution in [0, 0.1) is 5.41 Å². The molecule has 0 spiro atoms. The van der Waals surface area contributed by atoms with E-state index in [0.717, 1.165) is 18.1 Å². The monoisotopic (exact) mass is 264 g/mol. The SMILES string of the molecule is SCC1(Cn2ccnc2-c2cccs2)CCC1. The molecule has 0 aromatic carbocycles. The minimum atomic E-state index is 0.413.